The lowest BCUT2D eigenvalue weighted by Crippen LogP contribution is -2.47. The Hall–Kier alpha value is -1.76. The Morgan fingerprint density at radius 2 is 1.81 bits per heavy atom. The first-order chi connectivity index (χ1) is 14.5. The van der Waals surface area contributed by atoms with Crippen LogP contribution in [0.2, 0.25) is 0 Å². The highest BCUT2D eigenvalue weighted by Gasteiger charge is 2.30. The van der Waals surface area contributed by atoms with Crippen molar-refractivity contribution in [3.8, 4) is 5.69 Å². The molecular formula is C25H38N2O3S. The summed E-state index contributed by atoms with van der Waals surface area (Å²) < 4.78 is 22.5. The Morgan fingerprint density at radius 1 is 1.19 bits per heavy atom. The molecule has 1 aromatic heterocycles. The Bertz CT molecular complexity index is 916. The summed E-state index contributed by atoms with van der Waals surface area (Å²) in [4.78, 5) is 16.0. The van der Waals surface area contributed by atoms with E-state index < -0.39 is 11.1 Å². The first kappa shape index (κ1) is 25.5. The second-order valence-electron chi connectivity index (χ2n) is 9.21. The van der Waals surface area contributed by atoms with Gasteiger partial charge in [-0.25, -0.2) is 4.21 Å². The zero-order chi connectivity index (χ0) is 23.3. The summed E-state index contributed by atoms with van der Waals surface area (Å²) in [5.41, 5.74) is 3.44. The maximum atomic E-state index is 13.3. The van der Waals surface area contributed by atoms with E-state index in [2.05, 4.69) is 39.5 Å². The summed E-state index contributed by atoms with van der Waals surface area (Å²) in [6.07, 6.45) is 3.46. The molecule has 0 amide bonds. The number of ketones is 1. The summed E-state index contributed by atoms with van der Waals surface area (Å²) in [6, 6.07) is 8.87. The number of rotatable bonds is 11. The van der Waals surface area contributed by atoms with Crippen molar-refractivity contribution < 1.29 is 13.6 Å². The minimum Gasteiger partial charge on any atom is -0.318 e. The van der Waals surface area contributed by atoms with E-state index in [9.17, 15) is 13.6 Å². The van der Waals surface area contributed by atoms with E-state index in [0.717, 1.165) is 35.6 Å². The maximum Gasteiger partial charge on any atom is 0.186 e. The van der Waals surface area contributed by atoms with Crippen LogP contribution in [-0.4, -0.2) is 42.6 Å². The van der Waals surface area contributed by atoms with Gasteiger partial charge < -0.3 is 9.12 Å². The van der Waals surface area contributed by atoms with E-state index in [4.69, 9.17) is 0 Å². The van der Waals surface area contributed by atoms with Crippen molar-refractivity contribution in [2.75, 3.05) is 13.1 Å². The minimum absolute atomic E-state index is 0.0414. The monoisotopic (exact) mass is 446 g/mol. The van der Waals surface area contributed by atoms with Crippen molar-refractivity contribution in [1.82, 2.24) is 9.47 Å². The summed E-state index contributed by atoms with van der Waals surface area (Å²) in [5, 5.41) is 0. The Kier molecular flexibility index (Phi) is 8.81. The number of aromatic nitrogens is 1. The second kappa shape index (κ2) is 10.7. The zero-order valence-corrected chi connectivity index (χ0v) is 20.9. The summed E-state index contributed by atoms with van der Waals surface area (Å²) in [7, 11) is 0. The largest absolute Gasteiger partial charge is 0.318 e. The first-order valence-electron chi connectivity index (χ1n) is 11.2. The average Bonchev–Trinajstić information content (AvgIpc) is 2.99. The van der Waals surface area contributed by atoms with Crippen LogP contribution in [0.25, 0.3) is 5.69 Å². The lowest BCUT2D eigenvalue weighted by molar-refractivity contribution is 0.0726. The van der Waals surface area contributed by atoms with Gasteiger partial charge in [-0.1, -0.05) is 33.6 Å². The van der Waals surface area contributed by atoms with Crippen LogP contribution < -0.4 is 0 Å². The van der Waals surface area contributed by atoms with E-state index in [1.165, 1.54) is 12.8 Å². The predicted molar refractivity (Wildman–Crippen MR) is 129 cm³/mol. The van der Waals surface area contributed by atoms with Gasteiger partial charge in [0.05, 0.1) is 11.4 Å². The third-order valence-electron chi connectivity index (χ3n) is 6.23. The van der Waals surface area contributed by atoms with Crippen molar-refractivity contribution in [1.29, 1.82) is 0 Å². The van der Waals surface area contributed by atoms with Gasteiger partial charge in [0.2, 0.25) is 0 Å². The van der Waals surface area contributed by atoms with Gasteiger partial charge in [-0.05, 0) is 76.9 Å². The second-order valence-corrected chi connectivity index (χ2v) is 10.2. The molecule has 5 nitrogen and oxygen atoms in total. The first-order valence-corrected chi connectivity index (χ1v) is 12.3. The molecule has 0 saturated heterocycles. The number of carbonyl (C=O) groups excluding carboxylic acids is 1. The van der Waals surface area contributed by atoms with Crippen LogP contribution in [0, 0.1) is 19.8 Å². The molecule has 2 rings (SSSR count). The Labute approximate surface area is 190 Å². The van der Waals surface area contributed by atoms with Crippen LogP contribution in [0.1, 0.15) is 75.6 Å². The number of Topliss-reactive ketones (excluding diaryl/α,β-unsaturated/α-hetero) is 1. The number of nitrogens with zero attached hydrogens (tertiary/aromatic N) is 2. The molecule has 0 aliphatic carbocycles. The van der Waals surface area contributed by atoms with Crippen LogP contribution in [0.4, 0.5) is 0 Å². The molecule has 0 saturated carbocycles. The van der Waals surface area contributed by atoms with E-state index in [-0.39, 0.29) is 11.3 Å². The maximum absolute atomic E-state index is 13.3. The van der Waals surface area contributed by atoms with Crippen molar-refractivity contribution in [2.24, 2.45) is 5.92 Å². The number of aryl methyl sites for hydroxylation is 1. The fraction of sp³-hybridized carbons (Fsp3) is 0.560. The lowest BCUT2D eigenvalue weighted by atomic mass is 9.87. The molecule has 1 heterocycles. The van der Waals surface area contributed by atoms with E-state index in [1.807, 2.05) is 36.6 Å². The highest BCUT2D eigenvalue weighted by Crippen LogP contribution is 2.27. The summed E-state index contributed by atoms with van der Waals surface area (Å²) >= 11 is -2.00. The van der Waals surface area contributed by atoms with Crippen molar-refractivity contribution >= 4 is 16.9 Å². The molecule has 0 radical (unpaired) electrons. The highest BCUT2D eigenvalue weighted by molar-refractivity contribution is 7.79. The molecule has 1 N–H and O–H groups in total. The Balaban J connectivity index is 2.25. The van der Waals surface area contributed by atoms with E-state index >= 15 is 0 Å². The van der Waals surface area contributed by atoms with Gasteiger partial charge in [-0.2, -0.15) is 0 Å². The molecule has 2 aromatic rings. The van der Waals surface area contributed by atoms with Gasteiger partial charge in [0, 0.05) is 28.2 Å². The van der Waals surface area contributed by atoms with E-state index in [1.54, 1.807) is 12.1 Å². The predicted octanol–water partition coefficient (Wildman–Crippen LogP) is 5.78. The zero-order valence-electron chi connectivity index (χ0n) is 20.1. The number of benzene rings is 1. The number of hydrogen-bond acceptors (Lipinski definition) is 3. The quantitative estimate of drug-likeness (QED) is 0.351. The van der Waals surface area contributed by atoms with Crippen molar-refractivity contribution in [2.45, 2.75) is 78.2 Å². The Morgan fingerprint density at radius 3 is 2.32 bits per heavy atom. The molecule has 0 fully saturated rings. The number of hydrogen-bond donors (Lipinski definition) is 1. The van der Waals surface area contributed by atoms with Gasteiger partial charge >= 0.3 is 0 Å². The molecule has 0 spiro atoms. The molecule has 2 atom stereocenters. The van der Waals surface area contributed by atoms with Gasteiger partial charge in [0.1, 0.15) is 0 Å². The molecule has 0 bridgehead atoms. The smallest absolute Gasteiger partial charge is 0.186 e. The van der Waals surface area contributed by atoms with Gasteiger partial charge in [-0.3, -0.25) is 9.69 Å². The number of carbonyl (C=O) groups is 1. The molecule has 2 unspecified atom stereocenters. The highest BCUT2D eigenvalue weighted by atomic mass is 32.2. The van der Waals surface area contributed by atoms with Crippen molar-refractivity contribution in [3.63, 3.8) is 0 Å². The van der Waals surface area contributed by atoms with Crippen molar-refractivity contribution in [3.05, 3.63) is 47.3 Å². The standard InChI is InChI=1S/C25H38N2O3S/c1-8-10-18(3)16-25(6,7)26(9-2)17-24(28)23-15-19(4)27(20(23)5)21-11-13-22(14-12-21)31(29)30/h11-15,18H,8-10,16-17H2,1-7H3,(H,29,30). The topological polar surface area (TPSA) is 62.5 Å². The van der Waals surface area contributed by atoms with Crippen LogP contribution in [0.5, 0.6) is 0 Å². The molecular weight excluding hydrogens is 408 g/mol. The van der Waals surface area contributed by atoms with Crippen LogP contribution in [-0.2, 0) is 11.1 Å². The average molecular weight is 447 g/mol. The fourth-order valence-corrected chi connectivity index (χ4v) is 5.11. The fourth-order valence-electron chi connectivity index (χ4n) is 4.74. The normalized spacial score (nSPS) is 14.1. The van der Waals surface area contributed by atoms with Gasteiger partial charge in [0.25, 0.3) is 0 Å². The van der Waals surface area contributed by atoms with Gasteiger partial charge in [0.15, 0.2) is 16.9 Å². The lowest BCUT2D eigenvalue weighted by Gasteiger charge is -2.39. The minimum atomic E-state index is -2.00. The number of likely N-dealkylation sites (N-methyl/N-ethyl adjacent to an activating group) is 1. The molecule has 6 heteroatoms. The van der Waals surface area contributed by atoms with Crippen LogP contribution in [0.15, 0.2) is 35.2 Å². The molecule has 1 aromatic carbocycles. The van der Waals surface area contributed by atoms with Crippen LogP contribution >= 0.6 is 0 Å². The molecule has 0 aliphatic heterocycles. The van der Waals surface area contributed by atoms with Crippen LogP contribution in [0.3, 0.4) is 0 Å². The SMILES string of the molecule is CCCC(C)CC(C)(C)N(CC)CC(=O)c1cc(C)n(-c2ccc(S(=O)O)cc2)c1C. The molecule has 31 heavy (non-hydrogen) atoms. The molecule has 172 valence electrons. The molecule has 0 aliphatic rings. The summed E-state index contributed by atoms with van der Waals surface area (Å²) in [5.74, 6) is 0.760. The summed E-state index contributed by atoms with van der Waals surface area (Å²) in [6.45, 7) is 16.3. The van der Waals surface area contributed by atoms with Gasteiger partial charge in [-0.15, -0.1) is 0 Å². The van der Waals surface area contributed by atoms with E-state index in [0.29, 0.717) is 17.4 Å². The third-order valence-corrected chi connectivity index (χ3v) is 6.91. The third kappa shape index (κ3) is 6.15.